The predicted octanol–water partition coefficient (Wildman–Crippen LogP) is 1.39. The Morgan fingerprint density at radius 2 is 2.24 bits per heavy atom. The largest absolute Gasteiger partial charge is 0.361 e. The Kier molecular flexibility index (Phi) is 3.77. The summed E-state index contributed by atoms with van der Waals surface area (Å²) in [5.41, 5.74) is 2.38. The summed E-state index contributed by atoms with van der Waals surface area (Å²) >= 11 is 0. The molecule has 1 aromatic heterocycles. The molecule has 90 valence electrons. The number of aromatic amines is 1. The maximum absolute atomic E-state index is 11.0. The molecule has 0 radical (unpaired) electrons. The average molecular weight is 231 g/mol. The van der Waals surface area contributed by atoms with Gasteiger partial charge in [-0.25, -0.2) is 0 Å². The Balaban J connectivity index is 1.84. The van der Waals surface area contributed by atoms with Crippen molar-refractivity contribution < 1.29 is 4.79 Å². The number of carbonyl (C=O) groups is 1. The van der Waals surface area contributed by atoms with E-state index >= 15 is 0 Å². The lowest BCUT2D eigenvalue weighted by atomic mass is 10.1. The zero-order valence-corrected chi connectivity index (χ0v) is 9.92. The molecule has 2 aromatic rings. The molecule has 3 N–H and O–H groups in total. The lowest BCUT2D eigenvalue weighted by molar-refractivity contribution is -0.120. The van der Waals surface area contributed by atoms with Crippen LogP contribution in [0.5, 0.6) is 0 Å². The van der Waals surface area contributed by atoms with Crippen molar-refractivity contribution >= 4 is 16.8 Å². The van der Waals surface area contributed by atoms with Crippen molar-refractivity contribution in [2.24, 2.45) is 0 Å². The third kappa shape index (κ3) is 3.07. The van der Waals surface area contributed by atoms with E-state index in [0.717, 1.165) is 12.1 Å². The van der Waals surface area contributed by atoms with Crippen molar-refractivity contribution in [2.75, 3.05) is 13.6 Å². The molecule has 0 aliphatic heterocycles. The van der Waals surface area contributed by atoms with Crippen molar-refractivity contribution in [1.82, 2.24) is 15.6 Å². The minimum atomic E-state index is 0.0681. The molecule has 17 heavy (non-hydrogen) atoms. The highest BCUT2D eigenvalue weighted by Gasteiger charge is 1.99. The molecule has 1 aromatic carbocycles. The van der Waals surface area contributed by atoms with Gasteiger partial charge in [0, 0.05) is 38.3 Å². The molecule has 4 heteroatoms. The van der Waals surface area contributed by atoms with Gasteiger partial charge in [-0.1, -0.05) is 6.07 Å². The monoisotopic (exact) mass is 231 g/mol. The highest BCUT2D eigenvalue weighted by atomic mass is 16.1. The second-order valence-electron chi connectivity index (χ2n) is 4.00. The summed E-state index contributed by atoms with van der Waals surface area (Å²) in [5, 5.41) is 7.07. The first-order valence-electron chi connectivity index (χ1n) is 5.77. The minimum Gasteiger partial charge on any atom is -0.361 e. The van der Waals surface area contributed by atoms with Crippen molar-refractivity contribution in [3.8, 4) is 0 Å². The van der Waals surface area contributed by atoms with E-state index in [1.165, 1.54) is 10.9 Å². The first-order valence-corrected chi connectivity index (χ1v) is 5.77. The van der Waals surface area contributed by atoms with Gasteiger partial charge < -0.3 is 15.6 Å². The van der Waals surface area contributed by atoms with E-state index < -0.39 is 0 Å². The van der Waals surface area contributed by atoms with Gasteiger partial charge in [0.15, 0.2) is 0 Å². The molecule has 0 spiro atoms. The highest BCUT2D eigenvalue weighted by Crippen LogP contribution is 2.13. The van der Waals surface area contributed by atoms with E-state index in [2.05, 4.69) is 39.9 Å². The van der Waals surface area contributed by atoms with Gasteiger partial charge in [0.2, 0.25) is 5.91 Å². The summed E-state index contributed by atoms with van der Waals surface area (Å²) in [5.74, 6) is 0.0681. The summed E-state index contributed by atoms with van der Waals surface area (Å²) in [6.07, 6.45) is 2.45. The average Bonchev–Trinajstić information content (AvgIpc) is 2.81. The topological polar surface area (TPSA) is 56.9 Å². The molecule has 0 atom stereocenters. The fourth-order valence-corrected chi connectivity index (χ4v) is 1.77. The number of hydrogen-bond donors (Lipinski definition) is 3. The Morgan fingerprint density at radius 3 is 3.06 bits per heavy atom. The molecule has 0 saturated carbocycles. The zero-order chi connectivity index (χ0) is 12.1. The second kappa shape index (κ2) is 5.50. The van der Waals surface area contributed by atoms with Crippen LogP contribution >= 0.6 is 0 Å². The number of amides is 1. The molecule has 0 aliphatic carbocycles. The number of H-pyrrole nitrogens is 1. The predicted molar refractivity (Wildman–Crippen MR) is 68.7 cm³/mol. The van der Waals surface area contributed by atoms with Crippen LogP contribution in [0.2, 0.25) is 0 Å². The summed E-state index contributed by atoms with van der Waals surface area (Å²) in [4.78, 5) is 14.2. The molecule has 0 aliphatic rings. The van der Waals surface area contributed by atoms with Crippen LogP contribution in [0.4, 0.5) is 0 Å². The number of benzene rings is 1. The van der Waals surface area contributed by atoms with E-state index in [9.17, 15) is 4.79 Å². The third-order valence-electron chi connectivity index (χ3n) is 2.75. The SMILES string of the molecule is CNC(=O)CCNCc1ccc2[nH]ccc2c1. The fraction of sp³-hybridized carbons (Fsp3) is 0.308. The number of aromatic nitrogens is 1. The molecular formula is C13H17N3O. The molecule has 0 fully saturated rings. The van der Waals surface area contributed by atoms with Crippen LogP contribution in [0.15, 0.2) is 30.5 Å². The zero-order valence-electron chi connectivity index (χ0n) is 9.92. The van der Waals surface area contributed by atoms with Crippen molar-refractivity contribution in [2.45, 2.75) is 13.0 Å². The van der Waals surface area contributed by atoms with Crippen molar-refractivity contribution in [3.63, 3.8) is 0 Å². The van der Waals surface area contributed by atoms with Crippen molar-refractivity contribution in [1.29, 1.82) is 0 Å². The Morgan fingerprint density at radius 1 is 1.35 bits per heavy atom. The van der Waals surface area contributed by atoms with Gasteiger partial charge in [0.1, 0.15) is 0 Å². The summed E-state index contributed by atoms with van der Waals surface area (Å²) in [6.45, 7) is 1.49. The van der Waals surface area contributed by atoms with Crippen LogP contribution in [0.3, 0.4) is 0 Å². The van der Waals surface area contributed by atoms with Crippen molar-refractivity contribution in [3.05, 3.63) is 36.0 Å². The Labute approximate surface area is 100 Å². The van der Waals surface area contributed by atoms with Crippen LogP contribution in [-0.4, -0.2) is 24.5 Å². The molecule has 1 amide bonds. The van der Waals surface area contributed by atoms with E-state index in [-0.39, 0.29) is 5.91 Å². The molecule has 1 heterocycles. The summed E-state index contributed by atoms with van der Waals surface area (Å²) in [6, 6.07) is 8.37. The van der Waals surface area contributed by atoms with Gasteiger partial charge >= 0.3 is 0 Å². The number of fused-ring (bicyclic) bond motifs is 1. The minimum absolute atomic E-state index is 0.0681. The summed E-state index contributed by atoms with van der Waals surface area (Å²) < 4.78 is 0. The number of hydrogen-bond acceptors (Lipinski definition) is 2. The van der Waals surface area contributed by atoms with Gasteiger partial charge in [-0.3, -0.25) is 4.79 Å². The standard InChI is InChI=1S/C13H17N3O/c1-14-13(17)5-6-15-9-10-2-3-12-11(8-10)4-7-16-12/h2-4,7-8,15-16H,5-6,9H2,1H3,(H,14,17). The molecule has 0 bridgehead atoms. The maximum Gasteiger partial charge on any atom is 0.221 e. The van der Waals surface area contributed by atoms with Gasteiger partial charge in [-0.05, 0) is 29.1 Å². The molecule has 2 rings (SSSR count). The molecule has 0 saturated heterocycles. The maximum atomic E-state index is 11.0. The lowest BCUT2D eigenvalue weighted by Gasteiger charge is -2.04. The smallest absolute Gasteiger partial charge is 0.221 e. The van der Waals surface area contributed by atoms with Crippen LogP contribution in [0.25, 0.3) is 10.9 Å². The first-order chi connectivity index (χ1) is 8.29. The number of nitrogens with one attached hydrogen (secondary N) is 3. The van der Waals surface area contributed by atoms with E-state index in [0.29, 0.717) is 13.0 Å². The van der Waals surface area contributed by atoms with Gasteiger partial charge in [0.05, 0.1) is 0 Å². The van der Waals surface area contributed by atoms with Gasteiger partial charge in [0.25, 0.3) is 0 Å². The molecular weight excluding hydrogens is 214 g/mol. The molecule has 0 unspecified atom stereocenters. The van der Waals surface area contributed by atoms with E-state index in [1.54, 1.807) is 7.05 Å². The van der Waals surface area contributed by atoms with Crippen LogP contribution < -0.4 is 10.6 Å². The van der Waals surface area contributed by atoms with Crippen LogP contribution in [-0.2, 0) is 11.3 Å². The quantitative estimate of drug-likeness (QED) is 0.681. The highest BCUT2D eigenvalue weighted by molar-refractivity contribution is 5.79. The Hall–Kier alpha value is -1.81. The first kappa shape index (κ1) is 11.7. The number of rotatable bonds is 5. The van der Waals surface area contributed by atoms with E-state index in [1.807, 2.05) is 6.20 Å². The summed E-state index contributed by atoms with van der Waals surface area (Å²) in [7, 11) is 1.65. The van der Waals surface area contributed by atoms with Gasteiger partial charge in [-0.2, -0.15) is 0 Å². The lowest BCUT2D eigenvalue weighted by Crippen LogP contribution is -2.24. The third-order valence-corrected chi connectivity index (χ3v) is 2.75. The fourth-order valence-electron chi connectivity index (χ4n) is 1.77. The van der Waals surface area contributed by atoms with Crippen LogP contribution in [0.1, 0.15) is 12.0 Å². The van der Waals surface area contributed by atoms with Crippen LogP contribution in [0, 0.1) is 0 Å². The molecule has 4 nitrogen and oxygen atoms in total. The van der Waals surface area contributed by atoms with Gasteiger partial charge in [-0.15, -0.1) is 0 Å². The Bertz CT molecular complexity index is 504. The second-order valence-corrected chi connectivity index (χ2v) is 4.00. The normalized spacial score (nSPS) is 10.6. The van der Waals surface area contributed by atoms with E-state index in [4.69, 9.17) is 0 Å². The number of carbonyl (C=O) groups excluding carboxylic acids is 1.